The molecular formula is C16H17NO6S. The zero-order valence-electron chi connectivity index (χ0n) is 13.4. The summed E-state index contributed by atoms with van der Waals surface area (Å²) in [5.74, 6) is 0.319. The Morgan fingerprint density at radius 2 is 1.62 bits per heavy atom. The number of sulfonamides is 1. The van der Waals surface area contributed by atoms with Crippen molar-refractivity contribution < 1.29 is 27.4 Å². The van der Waals surface area contributed by atoms with Crippen LogP contribution in [0, 0.1) is 0 Å². The first-order valence-electron chi connectivity index (χ1n) is 6.84. The lowest BCUT2D eigenvalue weighted by Gasteiger charge is -2.11. The van der Waals surface area contributed by atoms with E-state index in [0.29, 0.717) is 11.5 Å². The fourth-order valence-electron chi connectivity index (χ4n) is 1.99. The molecule has 0 aliphatic rings. The third-order valence-electron chi connectivity index (χ3n) is 3.22. The van der Waals surface area contributed by atoms with E-state index in [1.165, 1.54) is 51.7 Å². The Morgan fingerprint density at radius 3 is 2.25 bits per heavy atom. The van der Waals surface area contributed by atoms with Gasteiger partial charge in [0.2, 0.25) is 0 Å². The molecule has 0 bridgehead atoms. The van der Waals surface area contributed by atoms with Gasteiger partial charge in [-0.25, -0.2) is 13.1 Å². The molecule has 0 atom stereocenters. The number of hydrogen-bond donors (Lipinski definition) is 1. The lowest BCUT2D eigenvalue weighted by molar-refractivity contribution is 0.0981. The van der Waals surface area contributed by atoms with Crippen molar-refractivity contribution in [2.45, 2.75) is 4.90 Å². The standard InChI is InChI=1S/C16H17NO6S/c1-21-12-6-4-5-11(9-12)16(18)17-24(19,20)13-7-8-14(22-2)15(10-13)23-3/h4-10H,1-3H3,(H,17,18). The zero-order valence-corrected chi connectivity index (χ0v) is 14.2. The molecular weight excluding hydrogens is 334 g/mol. The summed E-state index contributed by atoms with van der Waals surface area (Å²) in [5.41, 5.74) is 0.165. The maximum Gasteiger partial charge on any atom is 0.265 e. The van der Waals surface area contributed by atoms with Crippen LogP contribution in [0.5, 0.6) is 17.2 Å². The van der Waals surface area contributed by atoms with Crippen LogP contribution in [-0.2, 0) is 10.0 Å². The summed E-state index contributed by atoms with van der Waals surface area (Å²) in [4.78, 5) is 12.1. The molecule has 24 heavy (non-hydrogen) atoms. The fraction of sp³-hybridized carbons (Fsp3) is 0.188. The number of nitrogens with one attached hydrogen (secondary N) is 1. The van der Waals surface area contributed by atoms with Crippen molar-refractivity contribution in [2.24, 2.45) is 0 Å². The molecule has 128 valence electrons. The van der Waals surface area contributed by atoms with Crippen molar-refractivity contribution in [1.29, 1.82) is 0 Å². The molecule has 7 nitrogen and oxygen atoms in total. The van der Waals surface area contributed by atoms with Crippen LogP contribution < -0.4 is 18.9 Å². The Balaban J connectivity index is 2.29. The van der Waals surface area contributed by atoms with E-state index in [-0.39, 0.29) is 16.2 Å². The minimum atomic E-state index is -4.06. The van der Waals surface area contributed by atoms with Crippen molar-refractivity contribution in [1.82, 2.24) is 4.72 Å². The molecule has 0 saturated carbocycles. The molecule has 0 aromatic heterocycles. The predicted octanol–water partition coefficient (Wildman–Crippen LogP) is 1.83. The second-order valence-corrected chi connectivity index (χ2v) is 6.37. The van der Waals surface area contributed by atoms with E-state index in [0.717, 1.165) is 0 Å². The van der Waals surface area contributed by atoms with Gasteiger partial charge in [0.25, 0.3) is 15.9 Å². The first-order chi connectivity index (χ1) is 11.4. The highest BCUT2D eigenvalue weighted by Crippen LogP contribution is 2.29. The number of carbonyl (C=O) groups is 1. The van der Waals surface area contributed by atoms with Crippen LogP contribution in [0.3, 0.4) is 0 Å². The molecule has 1 N–H and O–H groups in total. The third-order valence-corrected chi connectivity index (χ3v) is 4.55. The van der Waals surface area contributed by atoms with E-state index in [1.54, 1.807) is 12.1 Å². The molecule has 0 aliphatic carbocycles. The lowest BCUT2D eigenvalue weighted by Crippen LogP contribution is -2.30. The number of hydrogen-bond acceptors (Lipinski definition) is 6. The minimum absolute atomic E-state index is 0.114. The van der Waals surface area contributed by atoms with Gasteiger partial charge < -0.3 is 14.2 Å². The Hall–Kier alpha value is -2.74. The Labute approximate surface area is 140 Å². The highest BCUT2D eigenvalue weighted by molar-refractivity contribution is 7.90. The number of benzene rings is 2. The largest absolute Gasteiger partial charge is 0.497 e. The maximum atomic E-state index is 12.4. The minimum Gasteiger partial charge on any atom is -0.497 e. The smallest absolute Gasteiger partial charge is 0.265 e. The summed E-state index contributed by atoms with van der Waals surface area (Å²) in [6.07, 6.45) is 0. The number of amides is 1. The molecule has 2 aromatic rings. The highest BCUT2D eigenvalue weighted by atomic mass is 32.2. The second-order valence-electron chi connectivity index (χ2n) is 4.68. The van der Waals surface area contributed by atoms with Crippen LogP contribution in [0.2, 0.25) is 0 Å². The molecule has 8 heteroatoms. The molecule has 0 unspecified atom stereocenters. The number of carbonyl (C=O) groups excluding carboxylic acids is 1. The summed E-state index contributed by atoms with van der Waals surface area (Å²) in [7, 11) is 0.228. The van der Waals surface area contributed by atoms with Crippen LogP contribution in [0.1, 0.15) is 10.4 Å². The summed E-state index contributed by atoms with van der Waals surface area (Å²) < 4.78 is 41.9. The molecule has 1 amide bonds. The summed E-state index contributed by atoms with van der Waals surface area (Å²) in [5, 5.41) is 0. The SMILES string of the molecule is COc1cccc(C(=O)NS(=O)(=O)c2ccc(OC)c(OC)c2)c1. The fourth-order valence-corrected chi connectivity index (χ4v) is 2.98. The van der Waals surface area contributed by atoms with Crippen LogP contribution in [-0.4, -0.2) is 35.7 Å². The normalized spacial score (nSPS) is 10.8. The summed E-state index contributed by atoms with van der Waals surface area (Å²) >= 11 is 0. The van der Waals surface area contributed by atoms with Crippen molar-refractivity contribution in [3.8, 4) is 17.2 Å². The molecule has 0 fully saturated rings. The van der Waals surface area contributed by atoms with Gasteiger partial charge in [-0.3, -0.25) is 4.79 Å². The molecule has 2 rings (SSSR count). The monoisotopic (exact) mass is 351 g/mol. The molecule has 0 saturated heterocycles. The predicted molar refractivity (Wildman–Crippen MR) is 87.2 cm³/mol. The van der Waals surface area contributed by atoms with E-state index in [1.807, 2.05) is 4.72 Å². The first-order valence-corrected chi connectivity index (χ1v) is 8.33. The average Bonchev–Trinajstić information content (AvgIpc) is 2.60. The van der Waals surface area contributed by atoms with E-state index in [4.69, 9.17) is 14.2 Å². The van der Waals surface area contributed by atoms with Gasteiger partial charge in [-0.15, -0.1) is 0 Å². The molecule has 0 radical (unpaired) electrons. The van der Waals surface area contributed by atoms with Crippen LogP contribution >= 0.6 is 0 Å². The van der Waals surface area contributed by atoms with Gasteiger partial charge in [0.15, 0.2) is 11.5 Å². The summed E-state index contributed by atoms with van der Waals surface area (Å²) in [6, 6.07) is 10.2. The van der Waals surface area contributed by atoms with Crippen LogP contribution in [0.15, 0.2) is 47.4 Å². The Kier molecular flexibility index (Phi) is 5.30. The third kappa shape index (κ3) is 3.77. The topological polar surface area (TPSA) is 90.9 Å². The zero-order chi connectivity index (χ0) is 17.7. The highest BCUT2D eigenvalue weighted by Gasteiger charge is 2.21. The molecule has 0 spiro atoms. The van der Waals surface area contributed by atoms with Gasteiger partial charge in [-0.05, 0) is 30.3 Å². The van der Waals surface area contributed by atoms with Gasteiger partial charge in [-0.1, -0.05) is 6.07 Å². The van der Waals surface area contributed by atoms with Gasteiger partial charge >= 0.3 is 0 Å². The average molecular weight is 351 g/mol. The Morgan fingerprint density at radius 1 is 0.917 bits per heavy atom. The van der Waals surface area contributed by atoms with E-state index < -0.39 is 15.9 Å². The van der Waals surface area contributed by atoms with Gasteiger partial charge in [0, 0.05) is 11.6 Å². The molecule has 0 aliphatic heterocycles. The first kappa shape index (κ1) is 17.6. The van der Waals surface area contributed by atoms with Crippen molar-refractivity contribution >= 4 is 15.9 Å². The second kappa shape index (κ2) is 7.22. The number of ether oxygens (including phenoxy) is 3. The van der Waals surface area contributed by atoms with E-state index in [9.17, 15) is 13.2 Å². The molecule has 2 aromatic carbocycles. The quantitative estimate of drug-likeness (QED) is 0.854. The van der Waals surface area contributed by atoms with Gasteiger partial charge in [0.1, 0.15) is 5.75 Å². The van der Waals surface area contributed by atoms with Crippen LogP contribution in [0.4, 0.5) is 0 Å². The van der Waals surface area contributed by atoms with Crippen molar-refractivity contribution in [3.05, 3.63) is 48.0 Å². The summed E-state index contributed by atoms with van der Waals surface area (Å²) in [6.45, 7) is 0. The maximum absolute atomic E-state index is 12.4. The van der Waals surface area contributed by atoms with Gasteiger partial charge in [-0.2, -0.15) is 0 Å². The molecule has 0 heterocycles. The Bertz CT molecular complexity index is 847. The van der Waals surface area contributed by atoms with Crippen molar-refractivity contribution in [2.75, 3.05) is 21.3 Å². The van der Waals surface area contributed by atoms with E-state index in [2.05, 4.69) is 0 Å². The lowest BCUT2D eigenvalue weighted by atomic mass is 10.2. The van der Waals surface area contributed by atoms with Crippen molar-refractivity contribution in [3.63, 3.8) is 0 Å². The number of methoxy groups -OCH3 is 3. The van der Waals surface area contributed by atoms with Crippen LogP contribution in [0.25, 0.3) is 0 Å². The van der Waals surface area contributed by atoms with Gasteiger partial charge in [0.05, 0.1) is 26.2 Å². The number of rotatable bonds is 6. The van der Waals surface area contributed by atoms with E-state index >= 15 is 0 Å².